The van der Waals surface area contributed by atoms with E-state index in [0.717, 1.165) is 22.9 Å². The Bertz CT molecular complexity index is 590. The minimum absolute atomic E-state index is 0.0402. The number of ether oxygens (including phenoxy) is 1. The van der Waals surface area contributed by atoms with E-state index in [1.165, 1.54) is 16.9 Å². The Labute approximate surface area is 122 Å². The number of nitrogens with one attached hydrogen (secondary N) is 1. The lowest BCUT2D eigenvalue weighted by Gasteiger charge is -2.05. The highest BCUT2D eigenvalue weighted by Gasteiger charge is 2.12. The van der Waals surface area contributed by atoms with Gasteiger partial charge in [-0.25, -0.2) is 4.98 Å². The van der Waals surface area contributed by atoms with Crippen molar-refractivity contribution >= 4 is 17.2 Å². The first-order valence-corrected chi connectivity index (χ1v) is 7.27. The van der Waals surface area contributed by atoms with Gasteiger partial charge >= 0.3 is 0 Å². The van der Waals surface area contributed by atoms with Crippen molar-refractivity contribution in [2.45, 2.75) is 20.3 Å². The summed E-state index contributed by atoms with van der Waals surface area (Å²) in [6.07, 6.45) is 0.798. The van der Waals surface area contributed by atoms with Crippen LogP contribution in [0.2, 0.25) is 0 Å². The fraction of sp³-hybridized carbons (Fsp3) is 0.333. The van der Waals surface area contributed by atoms with Crippen molar-refractivity contribution in [3.05, 3.63) is 45.4 Å². The molecule has 5 heteroatoms. The van der Waals surface area contributed by atoms with E-state index in [2.05, 4.69) is 10.3 Å². The second-order valence-corrected chi connectivity index (χ2v) is 5.70. The van der Waals surface area contributed by atoms with Gasteiger partial charge in [-0.15, -0.1) is 11.3 Å². The lowest BCUT2D eigenvalue weighted by molar-refractivity contribution is 0.0957. The monoisotopic (exact) mass is 290 g/mol. The van der Waals surface area contributed by atoms with Crippen LogP contribution in [0.1, 0.15) is 25.9 Å². The normalized spacial score (nSPS) is 10.3. The van der Waals surface area contributed by atoms with Crippen LogP contribution in [0, 0.1) is 13.8 Å². The molecule has 0 fully saturated rings. The van der Waals surface area contributed by atoms with E-state index < -0.39 is 0 Å². The van der Waals surface area contributed by atoms with Crippen LogP contribution in [0.3, 0.4) is 0 Å². The Morgan fingerprint density at radius 1 is 1.30 bits per heavy atom. The molecule has 0 bridgehead atoms. The van der Waals surface area contributed by atoms with Crippen LogP contribution in [-0.4, -0.2) is 24.5 Å². The summed E-state index contributed by atoms with van der Waals surface area (Å²) in [5.41, 5.74) is 1.97. The van der Waals surface area contributed by atoms with E-state index in [1.54, 1.807) is 7.11 Å². The molecule has 0 aliphatic heterocycles. The van der Waals surface area contributed by atoms with E-state index in [1.807, 2.05) is 38.1 Å². The molecule has 2 rings (SSSR count). The molecule has 1 aromatic carbocycles. The number of carbonyl (C=O) groups excluding carboxylic acids is 1. The average molecular weight is 290 g/mol. The summed E-state index contributed by atoms with van der Waals surface area (Å²) in [4.78, 5) is 17.0. The van der Waals surface area contributed by atoms with E-state index in [4.69, 9.17) is 4.74 Å². The fourth-order valence-electron chi connectivity index (χ4n) is 1.93. The van der Waals surface area contributed by atoms with E-state index in [-0.39, 0.29) is 5.91 Å². The third kappa shape index (κ3) is 3.57. The molecule has 0 saturated carbocycles. The number of aryl methyl sites for hydroxylation is 2. The second-order valence-electron chi connectivity index (χ2n) is 4.50. The molecule has 0 saturated heterocycles. The zero-order chi connectivity index (χ0) is 14.5. The summed E-state index contributed by atoms with van der Waals surface area (Å²) < 4.78 is 5.11. The molecule has 20 heavy (non-hydrogen) atoms. The molecule has 106 valence electrons. The molecule has 0 aliphatic rings. The Morgan fingerprint density at radius 3 is 2.55 bits per heavy atom. The van der Waals surface area contributed by atoms with Gasteiger partial charge in [0.1, 0.15) is 10.6 Å². The molecule has 1 heterocycles. The largest absolute Gasteiger partial charge is 0.497 e. The summed E-state index contributed by atoms with van der Waals surface area (Å²) in [7, 11) is 1.65. The Kier molecular flexibility index (Phi) is 4.74. The van der Waals surface area contributed by atoms with Crippen molar-refractivity contribution in [3.8, 4) is 5.75 Å². The minimum Gasteiger partial charge on any atom is -0.497 e. The fourth-order valence-corrected chi connectivity index (χ4v) is 2.77. The van der Waals surface area contributed by atoms with Gasteiger partial charge in [-0.1, -0.05) is 12.1 Å². The molecular formula is C15H18N2O2S. The highest BCUT2D eigenvalue weighted by atomic mass is 32.1. The summed E-state index contributed by atoms with van der Waals surface area (Å²) in [6, 6.07) is 7.86. The van der Waals surface area contributed by atoms with Gasteiger partial charge in [0, 0.05) is 6.54 Å². The molecule has 0 aliphatic carbocycles. The number of amides is 1. The van der Waals surface area contributed by atoms with Gasteiger partial charge in [-0.3, -0.25) is 4.79 Å². The maximum atomic E-state index is 12.0. The van der Waals surface area contributed by atoms with Gasteiger partial charge in [0.25, 0.3) is 5.91 Å². The van der Waals surface area contributed by atoms with Crippen LogP contribution < -0.4 is 10.1 Å². The molecule has 0 atom stereocenters. The quantitative estimate of drug-likeness (QED) is 0.921. The molecule has 4 nitrogen and oxygen atoms in total. The van der Waals surface area contributed by atoms with Crippen LogP contribution in [0.5, 0.6) is 5.75 Å². The van der Waals surface area contributed by atoms with Crippen molar-refractivity contribution in [1.82, 2.24) is 10.3 Å². The van der Waals surface area contributed by atoms with Crippen molar-refractivity contribution in [2.24, 2.45) is 0 Å². The molecule has 0 unspecified atom stereocenters. The molecule has 0 radical (unpaired) electrons. The van der Waals surface area contributed by atoms with Crippen LogP contribution >= 0.6 is 11.3 Å². The lowest BCUT2D eigenvalue weighted by Crippen LogP contribution is -2.25. The molecular weight excluding hydrogens is 272 g/mol. The van der Waals surface area contributed by atoms with Crippen molar-refractivity contribution in [3.63, 3.8) is 0 Å². The number of carbonyl (C=O) groups is 1. The maximum Gasteiger partial charge on any atom is 0.263 e. The Balaban J connectivity index is 1.86. The van der Waals surface area contributed by atoms with Crippen molar-refractivity contribution in [1.29, 1.82) is 0 Å². The van der Waals surface area contributed by atoms with E-state index >= 15 is 0 Å². The summed E-state index contributed by atoms with van der Waals surface area (Å²) in [5.74, 6) is 0.801. The highest BCUT2D eigenvalue weighted by molar-refractivity contribution is 7.13. The first-order valence-electron chi connectivity index (χ1n) is 6.45. The Morgan fingerprint density at radius 2 is 2.00 bits per heavy atom. The van der Waals surface area contributed by atoms with Crippen molar-refractivity contribution < 1.29 is 9.53 Å². The standard InChI is InChI=1S/C15H18N2O2S/c1-10-14(20-11(2)17-10)15(18)16-9-8-12-4-6-13(19-3)7-5-12/h4-7H,8-9H2,1-3H3,(H,16,18). The van der Waals surface area contributed by atoms with E-state index in [9.17, 15) is 4.79 Å². The van der Waals surface area contributed by atoms with Crippen molar-refractivity contribution in [2.75, 3.05) is 13.7 Å². The number of rotatable bonds is 5. The third-order valence-electron chi connectivity index (χ3n) is 2.97. The zero-order valence-corrected chi connectivity index (χ0v) is 12.7. The van der Waals surface area contributed by atoms with Gasteiger partial charge < -0.3 is 10.1 Å². The summed E-state index contributed by atoms with van der Waals surface area (Å²) in [5, 5.41) is 3.85. The lowest BCUT2D eigenvalue weighted by atomic mass is 10.1. The molecule has 1 aromatic heterocycles. The van der Waals surface area contributed by atoms with Gasteiger partial charge in [-0.2, -0.15) is 0 Å². The SMILES string of the molecule is COc1ccc(CCNC(=O)c2sc(C)nc2C)cc1. The predicted octanol–water partition coefficient (Wildman–Crippen LogP) is 2.74. The molecule has 0 spiro atoms. The maximum absolute atomic E-state index is 12.0. The molecule has 1 amide bonds. The molecule has 1 N–H and O–H groups in total. The minimum atomic E-state index is -0.0402. The van der Waals surface area contributed by atoms with Crippen LogP contribution in [0.25, 0.3) is 0 Å². The smallest absolute Gasteiger partial charge is 0.263 e. The number of aromatic nitrogens is 1. The van der Waals surface area contributed by atoms with Gasteiger partial charge in [-0.05, 0) is 38.0 Å². The first kappa shape index (κ1) is 14.5. The highest BCUT2D eigenvalue weighted by Crippen LogP contribution is 2.16. The van der Waals surface area contributed by atoms with E-state index in [0.29, 0.717) is 11.4 Å². The van der Waals surface area contributed by atoms with Gasteiger partial charge in [0.15, 0.2) is 0 Å². The predicted molar refractivity (Wildman–Crippen MR) is 80.6 cm³/mol. The van der Waals surface area contributed by atoms with Gasteiger partial charge in [0.05, 0.1) is 17.8 Å². The van der Waals surface area contributed by atoms with Crippen LogP contribution in [-0.2, 0) is 6.42 Å². The summed E-state index contributed by atoms with van der Waals surface area (Å²) in [6.45, 7) is 4.38. The number of hydrogen-bond donors (Lipinski definition) is 1. The summed E-state index contributed by atoms with van der Waals surface area (Å²) >= 11 is 1.43. The first-order chi connectivity index (χ1) is 9.60. The number of methoxy groups -OCH3 is 1. The average Bonchev–Trinajstić information content (AvgIpc) is 2.78. The number of hydrogen-bond acceptors (Lipinski definition) is 4. The number of nitrogens with zero attached hydrogens (tertiary/aromatic N) is 1. The molecule has 2 aromatic rings. The van der Waals surface area contributed by atoms with Crippen LogP contribution in [0.15, 0.2) is 24.3 Å². The zero-order valence-electron chi connectivity index (χ0n) is 11.9. The third-order valence-corrected chi connectivity index (χ3v) is 4.04. The topological polar surface area (TPSA) is 51.2 Å². The van der Waals surface area contributed by atoms with Crippen LogP contribution in [0.4, 0.5) is 0 Å². The number of benzene rings is 1. The second kappa shape index (κ2) is 6.52. The number of thiazole rings is 1. The Hall–Kier alpha value is -1.88. The van der Waals surface area contributed by atoms with Gasteiger partial charge in [0.2, 0.25) is 0 Å².